The summed E-state index contributed by atoms with van der Waals surface area (Å²) in [5.74, 6) is -0.591. The maximum atomic E-state index is 13.2. The van der Waals surface area contributed by atoms with Crippen LogP contribution in [0.3, 0.4) is 0 Å². The van der Waals surface area contributed by atoms with E-state index in [2.05, 4.69) is 21.2 Å². The van der Waals surface area contributed by atoms with Gasteiger partial charge in [-0.05, 0) is 47.0 Å². The fourth-order valence-corrected chi connectivity index (χ4v) is 1.79. The van der Waals surface area contributed by atoms with Crippen molar-refractivity contribution in [1.82, 2.24) is 0 Å². The van der Waals surface area contributed by atoms with E-state index in [0.29, 0.717) is 22.1 Å². The van der Waals surface area contributed by atoms with Crippen LogP contribution in [0.5, 0.6) is 0 Å². The van der Waals surface area contributed by atoms with Gasteiger partial charge in [-0.1, -0.05) is 13.3 Å². The molecule has 1 amide bonds. The van der Waals surface area contributed by atoms with Crippen molar-refractivity contribution in [3.8, 4) is 0 Å². The van der Waals surface area contributed by atoms with Crippen LogP contribution in [0.15, 0.2) is 16.6 Å². The third-order valence-electron chi connectivity index (χ3n) is 2.46. The van der Waals surface area contributed by atoms with Crippen LogP contribution in [-0.2, 0) is 4.79 Å². The third-order valence-corrected chi connectivity index (χ3v) is 3.07. The molecule has 0 spiro atoms. The quantitative estimate of drug-likeness (QED) is 0.898. The van der Waals surface area contributed by atoms with Gasteiger partial charge in [0.15, 0.2) is 0 Å². The number of anilines is 1. The molecule has 5 heteroatoms. The van der Waals surface area contributed by atoms with Crippen LogP contribution in [0.2, 0.25) is 0 Å². The first-order valence-corrected chi connectivity index (χ1v) is 6.27. The van der Waals surface area contributed by atoms with E-state index in [1.807, 2.05) is 6.92 Å². The molecule has 3 N–H and O–H groups in total. The van der Waals surface area contributed by atoms with Crippen LogP contribution in [0.1, 0.15) is 25.3 Å². The molecule has 0 fully saturated rings. The number of benzene rings is 1. The molecule has 0 saturated carbocycles. The van der Waals surface area contributed by atoms with Crippen LogP contribution in [0, 0.1) is 12.7 Å². The number of halogens is 2. The van der Waals surface area contributed by atoms with Crippen molar-refractivity contribution in [2.75, 3.05) is 5.32 Å². The number of hydrogen-bond acceptors (Lipinski definition) is 2. The minimum atomic E-state index is -0.525. The van der Waals surface area contributed by atoms with Crippen molar-refractivity contribution in [3.63, 3.8) is 0 Å². The largest absolute Gasteiger partial charge is 0.324 e. The highest BCUT2D eigenvalue weighted by Gasteiger charge is 2.14. The highest BCUT2D eigenvalue weighted by atomic mass is 79.9. The van der Waals surface area contributed by atoms with Crippen LogP contribution >= 0.6 is 15.9 Å². The molecule has 17 heavy (non-hydrogen) atoms. The molecule has 1 aromatic rings. The molecule has 94 valence electrons. The van der Waals surface area contributed by atoms with Gasteiger partial charge < -0.3 is 11.1 Å². The molecule has 1 rings (SSSR count). The summed E-state index contributed by atoms with van der Waals surface area (Å²) < 4.78 is 13.5. The lowest BCUT2D eigenvalue weighted by atomic mass is 10.1. The molecule has 3 nitrogen and oxygen atoms in total. The van der Waals surface area contributed by atoms with Gasteiger partial charge in [-0.2, -0.15) is 0 Å². The van der Waals surface area contributed by atoms with Gasteiger partial charge in [0.2, 0.25) is 5.91 Å². The summed E-state index contributed by atoms with van der Waals surface area (Å²) in [5.41, 5.74) is 6.94. The maximum absolute atomic E-state index is 13.2. The number of carbonyl (C=O) groups is 1. The number of rotatable bonds is 4. The Labute approximate surface area is 109 Å². The summed E-state index contributed by atoms with van der Waals surface area (Å²) in [6, 6.07) is 2.38. The Morgan fingerprint density at radius 3 is 2.82 bits per heavy atom. The zero-order valence-corrected chi connectivity index (χ0v) is 11.5. The number of aryl methyl sites for hydroxylation is 1. The highest BCUT2D eigenvalue weighted by Crippen LogP contribution is 2.24. The number of nitrogens with one attached hydrogen (secondary N) is 1. The van der Waals surface area contributed by atoms with E-state index in [4.69, 9.17) is 5.73 Å². The van der Waals surface area contributed by atoms with Gasteiger partial charge in [-0.3, -0.25) is 4.79 Å². The van der Waals surface area contributed by atoms with E-state index in [1.165, 1.54) is 6.07 Å². The summed E-state index contributed by atoms with van der Waals surface area (Å²) in [7, 11) is 0. The van der Waals surface area contributed by atoms with Gasteiger partial charge in [0.1, 0.15) is 5.82 Å². The fourth-order valence-electron chi connectivity index (χ4n) is 1.45. The van der Waals surface area contributed by atoms with E-state index in [1.54, 1.807) is 13.0 Å². The molecule has 0 aliphatic rings. The second-order valence-corrected chi connectivity index (χ2v) is 4.82. The first kappa shape index (κ1) is 14.1. The molecule has 0 heterocycles. The molecule has 0 aliphatic heterocycles. The Kier molecular flexibility index (Phi) is 5.08. The van der Waals surface area contributed by atoms with Crippen molar-refractivity contribution in [1.29, 1.82) is 0 Å². The first-order chi connectivity index (χ1) is 7.95. The minimum absolute atomic E-state index is 0.242. The summed E-state index contributed by atoms with van der Waals surface area (Å²) in [6.45, 7) is 3.70. The average Bonchev–Trinajstić information content (AvgIpc) is 2.26. The molecule has 0 bridgehead atoms. The summed E-state index contributed by atoms with van der Waals surface area (Å²) in [6.07, 6.45) is 1.48. The number of hydrogen-bond donors (Lipinski definition) is 2. The van der Waals surface area contributed by atoms with Crippen LogP contribution < -0.4 is 11.1 Å². The van der Waals surface area contributed by atoms with Crippen LogP contribution in [0.25, 0.3) is 0 Å². The lowest BCUT2D eigenvalue weighted by molar-refractivity contribution is -0.117. The normalized spacial score (nSPS) is 12.3. The Morgan fingerprint density at radius 1 is 1.59 bits per heavy atom. The first-order valence-electron chi connectivity index (χ1n) is 5.47. The molecule has 1 aromatic carbocycles. The number of amides is 1. The van der Waals surface area contributed by atoms with E-state index >= 15 is 0 Å². The Morgan fingerprint density at radius 2 is 2.24 bits per heavy atom. The molecule has 0 unspecified atom stereocenters. The summed E-state index contributed by atoms with van der Waals surface area (Å²) in [5, 5.41) is 2.70. The van der Waals surface area contributed by atoms with E-state index in [9.17, 15) is 9.18 Å². The summed E-state index contributed by atoms with van der Waals surface area (Å²) in [4.78, 5) is 11.7. The van der Waals surface area contributed by atoms with Crippen molar-refractivity contribution in [3.05, 3.63) is 28.0 Å². The van der Waals surface area contributed by atoms with Gasteiger partial charge in [0.25, 0.3) is 0 Å². The average molecular weight is 303 g/mol. The molecule has 0 radical (unpaired) electrons. The summed E-state index contributed by atoms with van der Waals surface area (Å²) >= 11 is 3.08. The molecular weight excluding hydrogens is 287 g/mol. The van der Waals surface area contributed by atoms with Gasteiger partial charge in [0.05, 0.1) is 10.5 Å². The highest BCUT2D eigenvalue weighted by molar-refractivity contribution is 9.10. The monoisotopic (exact) mass is 302 g/mol. The Hall–Kier alpha value is -0.940. The Balaban J connectivity index is 2.81. The SMILES string of the molecule is CCC[C@@H](N)C(=O)Nc1cc(Br)c(F)cc1C. The number of carbonyl (C=O) groups excluding carboxylic acids is 1. The lowest BCUT2D eigenvalue weighted by Gasteiger charge is -2.13. The third kappa shape index (κ3) is 3.78. The van der Waals surface area contributed by atoms with Crippen molar-refractivity contribution >= 4 is 27.5 Å². The van der Waals surface area contributed by atoms with E-state index < -0.39 is 6.04 Å². The van der Waals surface area contributed by atoms with Gasteiger partial charge in [-0.15, -0.1) is 0 Å². The zero-order valence-electron chi connectivity index (χ0n) is 9.89. The van der Waals surface area contributed by atoms with Crippen molar-refractivity contribution in [2.45, 2.75) is 32.7 Å². The topological polar surface area (TPSA) is 55.1 Å². The van der Waals surface area contributed by atoms with E-state index in [0.717, 1.165) is 6.42 Å². The standard InChI is InChI=1S/C12H16BrFN2O/c1-3-4-10(15)12(17)16-11-6-8(13)9(14)5-7(11)2/h5-6,10H,3-4,15H2,1-2H3,(H,16,17)/t10-/m1/s1. The van der Waals surface area contributed by atoms with Crippen LogP contribution in [0.4, 0.5) is 10.1 Å². The molecule has 1 atom stereocenters. The second-order valence-electron chi connectivity index (χ2n) is 3.97. The predicted octanol–water partition coefficient (Wildman–Crippen LogP) is 2.96. The van der Waals surface area contributed by atoms with E-state index in [-0.39, 0.29) is 11.7 Å². The molecule has 0 aromatic heterocycles. The van der Waals surface area contributed by atoms with Crippen molar-refractivity contribution < 1.29 is 9.18 Å². The zero-order chi connectivity index (χ0) is 13.0. The molecule has 0 saturated heterocycles. The molecule has 0 aliphatic carbocycles. The Bertz CT molecular complexity index is 423. The minimum Gasteiger partial charge on any atom is -0.324 e. The van der Waals surface area contributed by atoms with Crippen LogP contribution in [-0.4, -0.2) is 11.9 Å². The maximum Gasteiger partial charge on any atom is 0.241 e. The molecular formula is C12H16BrFN2O. The number of nitrogens with two attached hydrogens (primary N) is 1. The van der Waals surface area contributed by atoms with Gasteiger partial charge >= 0.3 is 0 Å². The lowest BCUT2D eigenvalue weighted by Crippen LogP contribution is -2.35. The van der Waals surface area contributed by atoms with Crippen molar-refractivity contribution in [2.24, 2.45) is 5.73 Å². The smallest absolute Gasteiger partial charge is 0.241 e. The predicted molar refractivity (Wildman–Crippen MR) is 70.4 cm³/mol. The second kappa shape index (κ2) is 6.12. The van der Waals surface area contributed by atoms with Gasteiger partial charge in [-0.25, -0.2) is 4.39 Å². The van der Waals surface area contributed by atoms with Gasteiger partial charge in [0, 0.05) is 5.69 Å². The fraction of sp³-hybridized carbons (Fsp3) is 0.417.